The molecule has 0 spiro atoms. The van der Waals surface area contributed by atoms with Gasteiger partial charge in [-0.15, -0.1) is 0 Å². The summed E-state index contributed by atoms with van der Waals surface area (Å²) in [4.78, 5) is 36.7. The first-order valence-corrected chi connectivity index (χ1v) is 20.0. The number of ether oxygens (including phenoxy) is 3. The number of carboxylic acid groups (broad SMARTS) is 1. The molecule has 8 nitrogen and oxygen atoms in total. The lowest BCUT2D eigenvalue weighted by molar-refractivity contribution is -0.887. The zero-order chi connectivity index (χ0) is 37.1. The number of hydrogen-bond donors (Lipinski definition) is 1. The Morgan fingerprint density at radius 1 is 0.600 bits per heavy atom. The number of likely N-dealkylation sites (N-methyl/N-ethyl adjacent to an activating group) is 1. The van der Waals surface area contributed by atoms with E-state index in [1.807, 2.05) is 21.1 Å². The normalized spacial score (nSPS) is 13.4. The first-order valence-electron chi connectivity index (χ1n) is 20.0. The molecular formula is C42H76NO7+. The minimum absolute atomic E-state index is 0.0555. The Labute approximate surface area is 306 Å². The van der Waals surface area contributed by atoms with E-state index in [1.165, 1.54) is 64.2 Å². The van der Waals surface area contributed by atoms with Gasteiger partial charge in [-0.05, 0) is 51.4 Å². The van der Waals surface area contributed by atoms with Crippen molar-refractivity contribution >= 4 is 17.9 Å². The molecule has 0 saturated carbocycles. The molecule has 0 aromatic rings. The van der Waals surface area contributed by atoms with Gasteiger partial charge in [0, 0.05) is 19.3 Å². The molecule has 0 aliphatic heterocycles. The fourth-order valence-electron chi connectivity index (χ4n) is 5.63. The van der Waals surface area contributed by atoms with E-state index < -0.39 is 18.1 Å². The summed E-state index contributed by atoms with van der Waals surface area (Å²) in [5.74, 6) is -1.49. The molecule has 8 heteroatoms. The van der Waals surface area contributed by atoms with Gasteiger partial charge in [-0.2, -0.15) is 0 Å². The second-order valence-corrected chi connectivity index (χ2v) is 14.5. The second-order valence-electron chi connectivity index (χ2n) is 14.5. The van der Waals surface area contributed by atoms with Crippen molar-refractivity contribution in [1.29, 1.82) is 0 Å². The highest BCUT2D eigenvalue weighted by Gasteiger charge is 2.31. The van der Waals surface area contributed by atoms with Gasteiger partial charge in [0.25, 0.3) is 0 Å². The number of allylic oxidation sites excluding steroid dienone is 6. The molecule has 0 radical (unpaired) electrons. The summed E-state index contributed by atoms with van der Waals surface area (Å²) in [5.41, 5.74) is 0. The molecule has 2 unspecified atom stereocenters. The van der Waals surface area contributed by atoms with Crippen molar-refractivity contribution in [2.24, 2.45) is 0 Å². The van der Waals surface area contributed by atoms with Crippen molar-refractivity contribution in [1.82, 2.24) is 0 Å². The summed E-state index contributed by atoms with van der Waals surface area (Å²) < 4.78 is 17.1. The maximum absolute atomic E-state index is 12.6. The average molecular weight is 707 g/mol. The second kappa shape index (κ2) is 33.7. The van der Waals surface area contributed by atoms with Crippen LogP contribution in [0.3, 0.4) is 0 Å². The van der Waals surface area contributed by atoms with Crippen LogP contribution in [0.5, 0.6) is 0 Å². The van der Waals surface area contributed by atoms with Crippen LogP contribution < -0.4 is 0 Å². The molecule has 2 atom stereocenters. The number of hydrogen-bond acceptors (Lipinski definition) is 6. The third-order valence-corrected chi connectivity index (χ3v) is 8.79. The molecule has 0 aromatic carbocycles. The van der Waals surface area contributed by atoms with Crippen molar-refractivity contribution in [3.63, 3.8) is 0 Å². The van der Waals surface area contributed by atoms with Crippen LogP contribution in [-0.2, 0) is 28.6 Å². The number of carboxylic acids is 1. The molecule has 50 heavy (non-hydrogen) atoms. The van der Waals surface area contributed by atoms with Crippen LogP contribution in [0.2, 0.25) is 0 Å². The molecule has 0 aromatic heterocycles. The number of aliphatic carboxylic acids is 1. The molecule has 0 bridgehead atoms. The molecular weight excluding hydrogens is 630 g/mol. The van der Waals surface area contributed by atoms with Gasteiger partial charge in [0.2, 0.25) is 0 Å². The Morgan fingerprint density at radius 3 is 1.60 bits per heavy atom. The summed E-state index contributed by atoms with van der Waals surface area (Å²) in [6.45, 7) is 4.64. The average Bonchev–Trinajstić information content (AvgIpc) is 3.06. The quantitative estimate of drug-likeness (QED) is 0.0303. The highest BCUT2D eigenvalue weighted by Crippen LogP contribution is 2.13. The molecule has 0 aliphatic carbocycles. The molecule has 0 rings (SSSR count). The Morgan fingerprint density at radius 2 is 1.06 bits per heavy atom. The van der Waals surface area contributed by atoms with Crippen LogP contribution in [0.4, 0.5) is 0 Å². The molecule has 0 saturated heterocycles. The molecule has 0 fully saturated rings. The number of carbonyl (C=O) groups excluding carboxylic acids is 2. The Bertz CT molecular complexity index is 922. The minimum Gasteiger partial charge on any atom is -0.477 e. The van der Waals surface area contributed by atoms with Gasteiger partial charge in [-0.25, -0.2) is 4.79 Å². The molecule has 0 heterocycles. The van der Waals surface area contributed by atoms with Gasteiger partial charge in [0.15, 0.2) is 12.1 Å². The number of carbonyl (C=O) groups is 3. The number of unbranched alkanes of at least 4 members (excludes halogenated alkanes) is 15. The van der Waals surface area contributed by atoms with Crippen LogP contribution in [0.1, 0.15) is 162 Å². The third-order valence-electron chi connectivity index (χ3n) is 8.79. The fourth-order valence-corrected chi connectivity index (χ4v) is 5.63. The summed E-state index contributed by atoms with van der Waals surface area (Å²) >= 11 is 0. The standard InChI is InChI=1S/C42H75NO7/c1-6-8-10-12-14-15-16-17-18-19-20-21-22-23-24-25-27-29-31-33-41(45)50-38(36-48-35-34-39(42(46)47)43(3,4)5)37-49-40(44)32-30-28-26-13-11-9-7-2/h14-15,17-18,20-21,38-39H,6-13,16,19,22-37H2,1-5H3/p+1/b15-14-,18-17-,21-20-. The van der Waals surface area contributed by atoms with Crippen molar-refractivity contribution in [3.8, 4) is 0 Å². The Kier molecular flexibility index (Phi) is 32.0. The first kappa shape index (κ1) is 47.5. The van der Waals surface area contributed by atoms with Crippen LogP contribution >= 0.6 is 0 Å². The first-order chi connectivity index (χ1) is 24.1. The largest absolute Gasteiger partial charge is 0.477 e. The predicted octanol–water partition coefficient (Wildman–Crippen LogP) is 10.3. The molecule has 290 valence electrons. The summed E-state index contributed by atoms with van der Waals surface area (Å²) in [7, 11) is 5.51. The Balaban J connectivity index is 4.33. The zero-order valence-corrected chi connectivity index (χ0v) is 32.8. The van der Waals surface area contributed by atoms with E-state index in [1.54, 1.807) is 0 Å². The maximum atomic E-state index is 12.6. The number of nitrogens with zero attached hydrogens (tertiary/aromatic N) is 1. The number of rotatable bonds is 35. The van der Waals surface area contributed by atoms with Gasteiger partial charge < -0.3 is 23.8 Å². The van der Waals surface area contributed by atoms with E-state index in [0.717, 1.165) is 64.2 Å². The van der Waals surface area contributed by atoms with Crippen LogP contribution in [0.15, 0.2) is 36.5 Å². The van der Waals surface area contributed by atoms with Gasteiger partial charge >= 0.3 is 17.9 Å². The lowest BCUT2D eigenvalue weighted by Gasteiger charge is -2.31. The highest BCUT2D eigenvalue weighted by molar-refractivity contribution is 5.72. The van der Waals surface area contributed by atoms with Crippen LogP contribution in [0, 0.1) is 0 Å². The van der Waals surface area contributed by atoms with Gasteiger partial charge in [-0.3, -0.25) is 9.59 Å². The van der Waals surface area contributed by atoms with Gasteiger partial charge in [0.1, 0.15) is 6.61 Å². The van der Waals surface area contributed by atoms with Crippen molar-refractivity contribution < 1.29 is 38.2 Å². The zero-order valence-electron chi connectivity index (χ0n) is 32.8. The predicted molar refractivity (Wildman–Crippen MR) is 206 cm³/mol. The third kappa shape index (κ3) is 31.5. The number of esters is 2. The lowest BCUT2D eigenvalue weighted by Crippen LogP contribution is -2.50. The van der Waals surface area contributed by atoms with E-state index >= 15 is 0 Å². The van der Waals surface area contributed by atoms with E-state index in [2.05, 4.69) is 50.3 Å². The molecule has 1 N–H and O–H groups in total. The summed E-state index contributed by atoms with van der Waals surface area (Å²) in [6, 6.07) is -0.614. The van der Waals surface area contributed by atoms with E-state index in [4.69, 9.17) is 14.2 Å². The smallest absolute Gasteiger partial charge is 0.362 e. The molecule has 0 amide bonds. The lowest BCUT2D eigenvalue weighted by atomic mass is 10.1. The highest BCUT2D eigenvalue weighted by atomic mass is 16.6. The van der Waals surface area contributed by atoms with E-state index in [9.17, 15) is 19.5 Å². The van der Waals surface area contributed by atoms with Gasteiger partial charge in [0.05, 0.1) is 34.4 Å². The summed E-state index contributed by atoms with van der Waals surface area (Å²) in [6.07, 6.45) is 36.2. The van der Waals surface area contributed by atoms with E-state index in [0.29, 0.717) is 19.3 Å². The summed E-state index contributed by atoms with van der Waals surface area (Å²) in [5, 5.41) is 9.57. The monoisotopic (exact) mass is 707 g/mol. The van der Waals surface area contributed by atoms with Crippen LogP contribution in [-0.4, -0.2) is 80.6 Å². The SMILES string of the molecule is CCCCC/C=C\C/C=C\C/C=C\CCCCCCCCC(=O)OC(COCCC(C(=O)O)[N+](C)(C)C)COC(=O)CCCCCCCCC. The van der Waals surface area contributed by atoms with Crippen LogP contribution in [0.25, 0.3) is 0 Å². The number of quaternary nitrogens is 1. The van der Waals surface area contributed by atoms with Gasteiger partial charge in [-0.1, -0.05) is 127 Å². The molecule has 0 aliphatic rings. The topological polar surface area (TPSA) is 99.1 Å². The van der Waals surface area contributed by atoms with E-state index in [-0.39, 0.29) is 36.2 Å². The van der Waals surface area contributed by atoms with Crippen molar-refractivity contribution in [2.45, 2.75) is 174 Å². The maximum Gasteiger partial charge on any atom is 0.362 e. The van der Waals surface area contributed by atoms with Crippen molar-refractivity contribution in [3.05, 3.63) is 36.5 Å². The van der Waals surface area contributed by atoms with Crippen molar-refractivity contribution in [2.75, 3.05) is 41.0 Å². The fraction of sp³-hybridized carbons (Fsp3) is 0.786. The minimum atomic E-state index is -0.879. The Hall–Kier alpha value is -2.45.